The van der Waals surface area contributed by atoms with E-state index in [2.05, 4.69) is 67.9 Å². The van der Waals surface area contributed by atoms with Crippen LogP contribution in [-0.4, -0.2) is 17.2 Å². The molecule has 0 bridgehead atoms. The van der Waals surface area contributed by atoms with Crippen molar-refractivity contribution in [1.82, 2.24) is 10.6 Å². The topological polar surface area (TPSA) is 36.1 Å². The minimum atomic E-state index is 0.364. The predicted molar refractivity (Wildman–Crippen MR) is 82.9 cm³/mol. The molecule has 0 amide bonds. The molecule has 100 valence electrons. The van der Waals surface area contributed by atoms with Gasteiger partial charge < -0.3 is 16.0 Å². The van der Waals surface area contributed by atoms with Crippen molar-refractivity contribution in [3.8, 4) is 0 Å². The maximum atomic E-state index is 5.18. The van der Waals surface area contributed by atoms with Crippen molar-refractivity contribution < 1.29 is 0 Å². The fourth-order valence-electron chi connectivity index (χ4n) is 1.55. The minimum absolute atomic E-state index is 0.364. The number of hydrogen-bond acceptors (Lipinski definition) is 2. The Hall–Kier alpha value is -1.29. The number of nitrogens with one attached hydrogen (secondary N) is 3. The molecule has 0 aliphatic rings. The molecule has 0 radical (unpaired) electrons. The van der Waals surface area contributed by atoms with E-state index in [9.17, 15) is 0 Å². The predicted octanol–water partition coefficient (Wildman–Crippen LogP) is 2.88. The van der Waals surface area contributed by atoms with Gasteiger partial charge in [-0.1, -0.05) is 12.1 Å². The summed E-state index contributed by atoms with van der Waals surface area (Å²) in [4.78, 5) is 0. The molecule has 0 aliphatic heterocycles. The molecule has 1 aromatic carbocycles. The van der Waals surface area contributed by atoms with Crippen LogP contribution in [0.25, 0.3) is 0 Å². The van der Waals surface area contributed by atoms with E-state index in [0.717, 1.165) is 12.2 Å². The molecule has 0 atom stereocenters. The van der Waals surface area contributed by atoms with Crippen molar-refractivity contribution in [1.29, 1.82) is 0 Å². The molecule has 18 heavy (non-hydrogen) atoms. The van der Waals surface area contributed by atoms with Gasteiger partial charge in [0.15, 0.2) is 5.11 Å². The number of thiocarbonyl (C=S) groups is 1. The van der Waals surface area contributed by atoms with E-state index in [1.165, 1.54) is 5.56 Å². The molecule has 1 aromatic rings. The van der Waals surface area contributed by atoms with Gasteiger partial charge in [-0.05, 0) is 57.6 Å². The minimum Gasteiger partial charge on any atom is -0.383 e. The van der Waals surface area contributed by atoms with Crippen LogP contribution in [0.3, 0.4) is 0 Å². The second-order valence-electron chi connectivity index (χ2n) is 4.98. The fraction of sp³-hybridized carbons (Fsp3) is 0.500. The molecule has 1 rings (SSSR count). The Labute approximate surface area is 115 Å². The standard InChI is InChI=1S/C14H23N3S/c1-10(2)16-13-7-5-12(6-8-13)9-15-14(18)17-11(3)4/h5-8,10-11,16H,9H2,1-4H3,(H2,15,17,18). The van der Waals surface area contributed by atoms with Crippen molar-refractivity contribution in [2.24, 2.45) is 0 Å². The van der Waals surface area contributed by atoms with Gasteiger partial charge in [0.05, 0.1) is 0 Å². The second-order valence-corrected chi connectivity index (χ2v) is 5.39. The van der Waals surface area contributed by atoms with Crippen LogP contribution in [0.4, 0.5) is 5.69 Å². The van der Waals surface area contributed by atoms with E-state index >= 15 is 0 Å². The highest BCUT2D eigenvalue weighted by molar-refractivity contribution is 7.80. The lowest BCUT2D eigenvalue weighted by atomic mass is 10.2. The highest BCUT2D eigenvalue weighted by Crippen LogP contribution is 2.10. The number of rotatable bonds is 5. The normalized spacial score (nSPS) is 10.6. The summed E-state index contributed by atoms with van der Waals surface area (Å²) < 4.78 is 0. The Kier molecular flexibility index (Phi) is 5.92. The van der Waals surface area contributed by atoms with Crippen LogP contribution in [0.2, 0.25) is 0 Å². The second kappa shape index (κ2) is 7.21. The summed E-state index contributed by atoms with van der Waals surface area (Å²) in [6, 6.07) is 9.22. The third-order valence-corrected chi connectivity index (χ3v) is 2.54. The van der Waals surface area contributed by atoms with Crippen molar-refractivity contribution >= 4 is 23.0 Å². The molecule has 4 heteroatoms. The summed E-state index contributed by atoms with van der Waals surface area (Å²) in [7, 11) is 0. The summed E-state index contributed by atoms with van der Waals surface area (Å²) in [5.74, 6) is 0. The van der Waals surface area contributed by atoms with Crippen molar-refractivity contribution in [2.75, 3.05) is 5.32 Å². The van der Waals surface area contributed by atoms with Gasteiger partial charge in [-0.15, -0.1) is 0 Å². The number of anilines is 1. The monoisotopic (exact) mass is 265 g/mol. The van der Waals surface area contributed by atoms with Crippen LogP contribution >= 0.6 is 12.2 Å². The molecule has 3 nitrogen and oxygen atoms in total. The summed E-state index contributed by atoms with van der Waals surface area (Å²) in [5.41, 5.74) is 2.37. The van der Waals surface area contributed by atoms with Crippen LogP contribution in [0.1, 0.15) is 33.3 Å². The van der Waals surface area contributed by atoms with E-state index in [1.54, 1.807) is 0 Å². The van der Waals surface area contributed by atoms with Crippen LogP contribution < -0.4 is 16.0 Å². The molecular weight excluding hydrogens is 242 g/mol. The Bertz CT molecular complexity index is 371. The summed E-state index contributed by atoms with van der Waals surface area (Å²) in [5, 5.41) is 10.4. The summed E-state index contributed by atoms with van der Waals surface area (Å²) in [6.45, 7) is 9.15. The average Bonchev–Trinajstić information content (AvgIpc) is 2.26. The van der Waals surface area contributed by atoms with Gasteiger partial charge in [0.25, 0.3) is 0 Å². The first-order valence-corrected chi connectivity index (χ1v) is 6.78. The lowest BCUT2D eigenvalue weighted by Gasteiger charge is -2.14. The molecule has 0 aromatic heterocycles. The molecule has 0 heterocycles. The smallest absolute Gasteiger partial charge is 0.166 e. The quantitative estimate of drug-likeness (QED) is 0.716. The van der Waals surface area contributed by atoms with Crippen molar-refractivity contribution in [3.63, 3.8) is 0 Å². The Balaban J connectivity index is 2.41. The van der Waals surface area contributed by atoms with E-state index in [0.29, 0.717) is 17.2 Å². The average molecular weight is 265 g/mol. The zero-order valence-electron chi connectivity index (χ0n) is 11.6. The van der Waals surface area contributed by atoms with Gasteiger partial charge >= 0.3 is 0 Å². The van der Waals surface area contributed by atoms with Crippen LogP contribution in [0.5, 0.6) is 0 Å². The molecule has 0 saturated heterocycles. The molecule has 0 fully saturated rings. The van der Waals surface area contributed by atoms with Gasteiger partial charge in [0, 0.05) is 24.3 Å². The molecule has 0 unspecified atom stereocenters. The lowest BCUT2D eigenvalue weighted by molar-refractivity contribution is 0.712. The van der Waals surface area contributed by atoms with Crippen molar-refractivity contribution in [2.45, 2.75) is 46.3 Å². The SMILES string of the molecule is CC(C)NC(=S)NCc1ccc(NC(C)C)cc1. The Morgan fingerprint density at radius 1 is 1.06 bits per heavy atom. The van der Waals surface area contributed by atoms with Gasteiger partial charge in [-0.3, -0.25) is 0 Å². The van der Waals surface area contributed by atoms with Gasteiger partial charge in [0.2, 0.25) is 0 Å². The number of hydrogen-bond donors (Lipinski definition) is 3. The summed E-state index contributed by atoms with van der Waals surface area (Å²) in [6.07, 6.45) is 0. The largest absolute Gasteiger partial charge is 0.383 e. The van der Waals surface area contributed by atoms with Crippen LogP contribution in [0.15, 0.2) is 24.3 Å². The first-order chi connectivity index (χ1) is 8.47. The van der Waals surface area contributed by atoms with Crippen molar-refractivity contribution in [3.05, 3.63) is 29.8 Å². The highest BCUT2D eigenvalue weighted by atomic mass is 32.1. The fourth-order valence-corrected chi connectivity index (χ4v) is 1.86. The first kappa shape index (κ1) is 14.8. The van der Waals surface area contributed by atoms with Gasteiger partial charge in [-0.2, -0.15) is 0 Å². The Morgan fingerprint density at radius 2 is 1.67 bits per heavy atom. The highest BCUT2D eigenvalue weighted by Gasteiger charge is 1.99. The molecule has 0 spiro atoms. The molecule has 3 N–H and O–H groups in total. The van der Waals surface area contributed by atoms with Crippen LogP contribution in [-0.2, 0) is 6.54 Å². The van der Waals surface area contributed by atoms with Crippen LogP contribution in [0, 0.1) is 0 Å². The molecule has 0 saturated carbocycles. The maximum Gasteiger partial charge on any atom is 0.166 e. The van der Waals surface area contributed by atoms with E-state index in [1.807, 2.05) is 0 Å². The number of benzene rings is 1. The van der Waals surface area contributed by atoms with Gasteiger partial charge in [-0.25, -0.2) is 0 Å². The zero-order valence-corrected chi connectivity index (χ0v) is 12.4. The first-order valence-electron chi connectivity index (χ1n) is 6.37. The third kappa shape index (κ3) is 5.87. The lowest BCUT2D eigenvalue weighted by Crippen LogP contribution is -2.38. The Morgan fingerprint density at radius 3 is 2.17 bits per heavy atom. The van der Waals surface area contributed by atoms with E-state index in [4.69, 9.17) is 12.2 Å². The summed E-state index contributed by atoms with van der Waals surface area (Å²) >= 11 is 5.18. The molecule has 0 aliphatic carbocycles. The van der Waals surface area contributed by atoms with E-state index < -0.39 is 0 Å². The van der Waals surface area contributed by atoms with Gasteiger partial charge in [0.1, 0.15) is 0 Å². The maximum absolute atomic E-state index is 5.18. The third-order valence-electron chi connectivity index (χ3n) is 2.28. The van der Waals surface area contributed by atoms with E-state index in [-0.39, 0.29) is 0 Å². The zero-order chi connectivity index (χ0) is 13.5. The molecular formula is C14H23N3S.